The zero-order valence-corrected chi connectivity index (χ0v) is 20.5. The lowest BCUT2D eigenvalue weighted by Crippen LogP contribution is -2.11. The molecule has 4 aromatic rings. The van der Waals surface area contributed by atoms with Crippen molar-refractivity contribution in [1.82, 2.24) is 0 Å². The quantitative estimate of drug-likeness (QED) is 0.239. The monoisotopic (exact) mass is 476 g/mol. The van der Waals surface area contributed by atoms with Gasteiger partial charge in [0.2, 0.25) is 11.8 Å². The molecule has 0 bridgehead atoms. The maximum Gasteiger partial charge on any atom is 0.224 e. The number of carbonyl (C=O) groups excluding carboxylic acids is 2. The summed E-state index contributed by atoms with van der Waals surface area (Å²) in [4.78, 5) is 24.6. The van der Waals surface area contributed by atoms with Gasteiger partial charge in [0.1, 0.15) is 0 Å². The molecule has 0 aromatic heterocycles. The van der Waals surface area contributed by atoms with E-state index in [-0.39, 0.29) is 11.8 Å². The lowest BCUT2D eigenvalue weighted by Gasteiger charge is -2.09. The summed E-state index contributed by atoms with van der Waals surface area (Å²) in [7, 11) is 0. The van der Waals surface area contributed by atoms with Crippen molar-refractivity contribution in [2.24, 2.45) is 0 Å². The molecular weight excluding hydrogens is 444 g/mol. The number of aryl methyl sites for hydroxylation is 2. The Bertz CT molecular complexity index is 1130. The molecule has 36 heavy (non-hydrogen) atoms. The Labute approximate surface area is 213 Å². The van der Waals surface area contributed by atoms with Gasteiger partial charge in [-0.1, -0.05) is 84.9 Å². The molecule has 0 aliphatic rings. The fourth-order valence-electron chi connectivity index (χ4n) is 4.13. The molecule has 182 valence electrons. The molecule has 0 radical (unpaired) electrons. The lowest BCUT2D eigenvalue weighted by atomic mass is 10.0. The number of anilines is 2. The summed E-state index contributed by atoms with van der Waals surface area (Å²) in [6.45, 7) is 0. The molecule has 0 unspecified atom stereocenters. The Morgan fingerprint density at radius 3 is 1.19 bits per heavy atom. The van der Waals surface area contributed by atoms with Crippen molar-refractivity contribution in [3.63, 3.8) is 0 Å². The lowest BCUT2D eigenvalue weighted by molar-refractivity contribution is -0.117. The van der Waals surface area contributed by atoms with E-state index in [1.165, 1.54) is 11.1 Å². The molecule has 2 amide bonds. The van der Waals surface area contributed by atoms with Crippen molar-refractivity contribution in [2.45, 2.75) is 38.5 Å². The van der Waals surface area contributed by atoms with E-state index in [1.54, 1.807) is 0 Å². The molecular formula is C32H32N2O2. The van der Waals surface area contributed by atoms with E-state index in [1.807, 2.05) is 84.9 Å². The molecule has 0 heterocycles. The molecule has 4 rings (SSSR count). The van der Waals surface area contributed by atoms with E-state index in [0.29, 0.717) is 12.8 Å². The Morgan fingerprint density at radius 2 is 0.833 bits per heavy atom. The largest absolute Gasteiger partial charge is 0.326 e. The number of carbonyl (C=O) groups is 2. The predicted octanol–water partition coefficient (Wildman–Crippen LogP) is 7.28. The maximum atomic E-state index is 12.3. The average Bonchev–Trinajstić information content (AvgIpc) is 2.91. The Morgan fingerprint density at radius 1 is 0.472 bits per heavy atom. The number of benzene rings is 4. The summed E-state index contributed by atoms with van der Waals surface area (Å²) < 4.78 is 0. The van der Waals surface area contributed by atoms with Gasteiger partial charge in [-0.2, -0.15) is 0 Å². The van der Waals surface area contributed by atoms with Gasteiger partial charge in [-0.25, -0.2) is 0 Å². The van der Waals surface area contributed by atoms with E-state index in [9.17, 15) is 9.59 Å². The van der Waals surface area contributed by atoms with Crippen molar-refractivity contribution in [3.05, 3.63) is 120 Å². The summed E-state index contributed by atoms with van der Waals surface area (Å²) in [6.07, 6.45) is 4.44. The molecule has 0 aliphatic carbocycles. The Hall–Kier alpha value is -4.18. The van der Waals surface area contributed by atoms with Crippen LogP contribution in [0, 0.1) is 0 Å². The number of hydrogen-bond donors (Lipinski definition) is 2. The minimum absolute atomic E-state index is 0.0301. The predicted molar refractivity (Wildman–Crippen MR) is 148 cm³/mol. The highest BCUT2D eigenvalue weighted by atomic mass is 16.2. The molecule has 0 spiro atoms. The van der Waals surface area contributed by atoms with Crippen molar-refractivity contribution in [2.75, 3.05) is 10.6 Å². The van der Waals surface area contributed by atoms with Crippen LogP contribution in [0.4, 0.5) is 11.4 Å². The molecule has 0 fully saturated rings. The third kappa shape index (κ3) is 7.95. The van der Waals surface area contributed by atoms with Crippen LogP contribution in [0.3, 0.4) is 0 Å². The first-order valence-corrected chi connectivity index (χ1v) is 12.5. The van der Waals surface area contributed by atoms with Gasteiger partial charge in [-0.3, -0.25) is 9.59 Å². The van der Waals surface area contributed by atoms with Gasteiger partial charge < -0.3 is 10.6 Å². The van der Waals surface area contributed by atoms with Gasteiger partial charge in [0, 0.05) is 24.2 Å². The van der Waals surface area contributed by atoms with Gasteiger partial charge in [0.05, 0.1) is 0 Å². The molecule has 2 N–H and O–H groups in total. The fourth-order valence-corrected chi connectivity index (χ4v) is 4.13. The van der Waals surface area contributed by atoms with E-state index >= 15 is 0 Å². The molecule has 4 heteroatoms. The average molecular weight is 477 g/mol. The first-order valence-electron chi connectivity index (χ1n) is 12.5. The number of nitrogens with one attached hydrogen (secondary N) is 2. The van der Waals surface area contributed by atoms with Gasteiger partial charge in [0.15, 0.2) is 0 Å². The van der Waals surface area contributed by atoms with Crippen LogP contribution in [-0.2, 0) is 22.4 Å². The second-order valence-corrected chi connectivity index (χ2v) is 8.93. The van der Waals surface area contributed by atoms with E-state index < -0.39 is 0 Å². The fraction of sp³-hybridized carbons (Fsp3) is 0.188. The summed E-state index contributed by atoms with van der Waals surface area (Å²) in [5.41, 5.74) is 6.20. The van der Waals surface area contributed by atoms with Crippen LogP contribution in [0.2, 0.25) is 0 Å². The second-order valence-electron chi connectivity index (χ2n) is 8.93. The summed E-state index contributed by atoms with van der Waals surface area (Å²) >= 11 is 0. The second kappa shape index (κ2) is 13.1. The van der Waals surface area contributed by atoms with Crippen LogP contribution in [0.1, 0.15) is 36.8 Å². The molecule has 4 nitrogen and oxygen atoms in total. The molecule has 0 saturated carbocycles. The first-order chi connectivity index (χ1) is 17.7. The topological polar surface area (TPSA) is 58.2 Å². The number of amides is 2. The summed E-state index contributed by atoms with van der Waals surface area (Å²) in [6, 6.07) is 36.1. The number of rotatable bonds is 11. The van der Waals surface area contributed by atoms with E-state index in [2.05, 4.69) is 34.9 Å². The van der Waals surface area contributed by atoms with Crippen molar-refractivity contribution < 1.29 is 9.59 Å². The van der Waals surface area contributed by atoms with Crippen LogP contribution in [0.5, 0.6) is 0 Å². The number of hydrogen-bond acceptors (Lipinski definition) is 2. The molecule has 0 aliphatic heterocycles. The van der Waals surface area contributed by atoms with Crippen molar-refractivity contribution in [1.29, 1.82) is 0 Å². The maximum absolute atomic E-state index is 12.3. The summed E-state index contributed by atoms with van der Waals surface area (Å²) in [5, 5.41) is 5.96. The van der Waals surface area contributed by atoms with Crippen LogP contribution in [0.15, 0.2) is 109 Å². The standard InChI is InChI=1S/C32H32N2O2/c35-31(15-7-13-25-9-3-1-4-10-25)33-29-21-17-27(18-22-29)28-19-23-30(24-20-28)34-32(36)16-8-14-26-11-5-2-6-12-26/h1-6,9-12,17-24H,7-8,13-16H2,(H,33,35)(H,34,36). The van der Waals surface area contributed by atoms with Crippen LogP contribution >= 0.6 is 0 Å². The summed E-state index contributed by atoms with van der Waals surface area (Å²) in [5.74, 6) is 0.0603. The smallest absolute Gasteiger partial charge is 0.224 e. The van der Waals surface area contributed by atoms with Crippen LogP contribution in [-0.4, -0.2) is 11.8 Å². The first kappa shape index (κ1) is 24.9. The van der Waals surface area contributed by atoms with E-state index in [4.69, 9.17) is 0 Å². The van der Waals surface area contributed by atoms with Crippen molar-refractivity contribution >= 4 is 23.2 Å². The zero-order valence-electron chi connectivity index (χ0n) is 20.5. The van der Waals surface area contributed by atoms with Gasteiger partial charge in [-0.15, -0.1) is 0 Å². The SMILES string of the molecule is O=C(CCCc1ccccc1)Nc1ccc(-c2ccc(NC(=O)CCCc3ccccc3)cc2)cc1. The van der Waals surface area contributed by atoms with Crippen LogP contribution < -0.4 is 10.6 Å². The molecule has 0 saturated heterocycles. The van der Waals surface area contributed by atoms with Gasteiger partial charge in [-0.05, 0) is 72.2 Å². The van der Waals surface area contributed by atoms with E-state index in [0.717, 1.165) is 48.2 Å². The third-order valence-corrected chi connectivity index (χ3v) is 6.09. The minimum Gasteiger partial charge on any atom is -0.326 e. The highest BCUT2D eigenvalue weighted by Gasteiger charge is 2.06. The molecule has 4 aromatic carbocycles. The normalized spacial score (nSPS) is 10.6. The van der Waals surface area contributed by atoms with Gasteiger partial charge in [0.25, 0.3) is 0 Å². The third-order valence-electron chi connectivity index (χ3n) is 6.09. The Balaban J connectivity index is 1.20. The zero-order chi connectivity index (χ0) is 25.0. The highest BCUT2D eigenvalue weighted by Crippen LogP contribution is 2.23. The van der Waals surface area contributed by atoms with Crippen LogP contribution in [0.25, 0.3) is 11.1 Å². The van der Waals surface area contributed by atoms with Crippen molar-refractivity contribution in [3.8, 4) is 11.1 Å². The van der Waals surface area contributed by atoms with Gasteiger partial charge >= 0.3 is 0 Å². The highest BCUT2D eigenvalue weighted by molar-refractivity contribution is 5.92. The Kier molecular flexibility index (Phi) is 9.04. The molecule has 0 atom stereocenters. The minimum atomic E-state index is 0.0301.